The highest BCUT2D eigenvalue weighted by Crippen LogP contribution is 2.30. The summed E-state index contributed by atoms with van der Waals surface area (Å²) < 4.78 is 0. The molecule has 0 saturated carbocycles. The van der Waals surface area contributed by atoms with Gasteiger partial charge in [0.25, 0.3) is 0 Å². The third-order valence-corrected chi connectivity index (χ3v) is 4.39. The third-order valence-electron chi connectivity index (χ3n) is 4.39. The van der Waals surface area contributed by atoms with Gasteiger partial charge in [0.15, 0.2) is 0 Å². The molecule has 3 heteroatoms. The van der Waals surface area contributed by atoms with Crippen LogP contribution in [0.5, 0.6) is 0 Å². The molecular formula is C18H28N2O. The van der Waals surface area contributed by atoms with E-state index < -0.39 is 0 Å². The molecule has 1 aliphatic rings. The number of rotatable bonds is 7. The van der Waals surface area contributed by atoms with Crippen molar-refractivity contribution in [2.45, 2.75) is 46.5 Å². The van der Waals surface area contributed by atoms with Crippen molar-refractivity contribution in [2.24, 2.45) is 0 Å². The van der Waals surface area contributed by atoms with Crippen LogP contribution in [0, 0.1) is 6.92 Å². The van der Waals surface area contributed by atoms with E-state index in [9.17, 15) is 4.79 Å². The van der Waals surface area contributed by atoms with Crippen molar-refractivity contribution >= 4 is 11.6 Å². The van der Waals surface area contributed by atoms with Gasteiger partial charge in [-0.25, -0.2) is 0 Å². The van der Waals surface area contributed by atoms with Crippen molar-refractivity contribution in [3.63, 3.8) is 0 Å². The van der Waals surface area contributed by atoms with E-state index in [1.54, 1.807) is 4.90 Å². The molecule has 1 amide bonds. The van der Waals surface area contributed by atoms with E-state index in [-0.39, 0.29) is 5.91 Å². The Morgan fingerprint density at radius 2 is 1.81 bits per heavy atom. The van der Waals surface area contributed by atoms with Crippen molar-refractivity contribution in [3.8, 4) is 0 Å². The number of hydrogen-bond donors (Lipinski definition) is 0. The molecule has 0 N–H and O–H groups in total. The summed E-state index contributed by atoms with van der Waals surface area (Å²) in [6.07, 6.45) is 4.06. The first-order chi connectivity index (χ1) is 10.1. The number of anilines is 1. The van der Waals surface area contributed by atoms with Crippen LogP contribution in [-0.4, -0.2) is 37.5 Å². The van der Waals surface area contributed by atoms with Crippen molar-refractivity contribution in [1.82, 2.24) is 4.90 Å². The van der Waals surface area contributed by atoms with Crippen molar-refractivity contribution in [1.29, 1.82) is 0 Å². The summed E-state index contributed by atoms with van der Waals surface area (Å²) in [4.78, 5) is 16.1. The zero-order valence-corrected chi connectivity index (χ0v) is 13.9. The lowest BCUT2D eigenvalue weighted by molar-refractivity contribution is -0.117. The highest BCUT2D eigenvalue weighted by atomic mass is 16.2. The maximum atomic E-state index is 11.8. The summed E-state index contributed by atoms with van der Waals surface area (Å²) in [5.74, 6) is 0.208. The molecule has 0 fully saturated rings. The van der Waals surface area contributed by atoms with E-state index in [1.807, 2.05) is 7.05 Å². The number of fused-ring (bicyclic) bond motifs is 1. The second-order valence-corrected chi connectivity index (χ2v) is 6.13. The first-order valence-corrected chi connectivity index (χ1v) is 8.18. The Morgan fingerprint density at radius 1 is 1.14 bits per heavy atom. The first kappa shape index (κ1) is 16.0. The molecule has 0 saturated heterocycles. The summed E-state index contributed by atoms with van der Waals surface area (Å²) >= 11 is 0. The predicted molar refractivity (Wildman–Crippen MR) is 89.0 cm³/mol. The molecule has 1 aromatic rings. The third kappa shape index (κ3) is 3.65. The maximum absolute atomic E-state index is 11.8. The summed E-state index contributed by atoms with van der Waals surface area (Å²) in [7, 11) is 1.87. The van der Waals surface area contributed by atoms with E-state index in [1.165, 1.54) is 42.6 Å². The molecule has 0 spiro atoms. The van der Waals surface area contributed by atoms with Crippen LogP contribution < -0.4 is 4.90 Å². The van der Waals surface area contributed by atoms with Crippen LogP contribution >= 0.6 is 0 Å². The number of nitrogens with zero attached hydrogens (tertiary/aromatic N) is 2. The van der Waals surface area contributed by atoms with E-state index in [0.29, 0.717) is 6.42 Å². The van der Waals surface area contributed by atoms with Crippen LogP contribution in [0.25, 0.3) is 0 Å². The fraction of sp³-hybridized carbons (Fsp3) is 0.611. The summed E-state index contributed by atoms with van der Waals surface area (Å²) in [5, 5.41) is 0. The lowest BCUT2D eigenvalue weighted by Gasteiger charge is -2.21. The van der Waals surface area contributed by atoms with Gasteiger partial charge >= 0.3 is 0 Å². The predicted octanol–water partition coefficient (Wildman–Crippen LogP) is 3.18. The number of carbonyl (C=O) groups excluding carboxylic acids is 1. The lowest BCUT2D eigenvalue weighted by Crippen LogP contribution is -2.28. The Bertz CT molecular complexity index is 504. The fourth-order valence-electron chi connectivity index (χ4n) is 3.17. The number of carbonyl (C=O) groups is 1. The number of hydrogen-bond acceptors (Lipinski definition) is 2. The number of benzene rings is 1. The lowest BCUT2D eigenvalue weighted by atomic mass is 10.00. The van der Waals surface area contributed by atoms with Gasteiger partial charge in [-0.1, -0.05) is 19.9 Å². The van der Waals surface area contributed by atoms with Crippen LogP contribution in [0.1, 0.15) is 43.4 Å². The van der Waals surface area contributed by atoms with E-state index in [2.05, 4.69) is 37.8 Å². The Labute approximate surface area is 128 Å². The number of likely N-dealkylation sites (N-methyl/N-ethyl adjacent to an activating group) is 1. The largest absolute Gasteiger partial charge is 0.315 e. The molecule has 21 heavy (non-hydrogen) atoms. The minimum absolute atomic E-state index is 0.208. The van der Waals surface area contributed by atoms with Crippen LogP contribution in [0.4, 0.5) is 5.69 Å². The average molecular weight is 288 g/mol. The van der Waals surface area contributed by atoms with Crippen LogP contribution in [0.2, 0.25) is 0 Å². The van der Waals surface area contributed by atoms with Gasteiger partial charge in [0.2, 0.25) is 5.91 Å². The fourth-order valence-corrected chi connectivity index (χ4v) is 3.17. The van der Waals surface area contributed by atoms with E-state index >= 15 is 0 Å². The standard InChI is InChI=1S/C18H28N2O/c1-5-8-20(9-6-2)10-7-15-12-16-13-18(21)19(4)17(16)11-14(15)3/h11-12H,5-10,13H2,1-4H3. The molecule has 1 aliphatic heterocycles. The zero-order chi connectivity index (χ0) is 15.4. The molecule has 0 bridgehead atoms. The monoisotopic (exact) mass is 288 g/mol. The summed E-state index contributed by atoms with van der Waals surface area (Å²) in [6, 6.07) is 4.43. The van der Waals surface area contributed by atoms with Crippen molar-refractivity contribution in [3.05, 3.63) is 28.8 Å². The highest BCUT2D eigenvalue weighted by Gasteiger charge is 2.24. The molecule has 0 unspecified atom stereocenters. The Hall–Kier alpha value is -1.35. The molecule has 0 radical (unpaired) electrons. The second-order valence-electron chi connectivity index (χ2n) is 6.13. The second kappa shape index (κ2) is 7.08. The minimum Gasteiger partial charge on any atom is -0.315 e. The molecule has 116 valence electrons. The van der Waals surface area contributed by atoms with Gasteiger partial charge in [-0.2, -0.15) is 0 Å². The van der Waals surface area contributed by atoms with Gasteiger partial charge in [-0.15, -0.1) is 0 Å². The molecule has 1 heterocycles. The normalized spacial score (nSPS) is 14.1. The minimum atomic E-state index is 0.208. The Kier molecular flexibility index (Phi) is 5.40. The molecule has 0 atom stereocenters. The SMILES string of the molecule is CCCN(CCC)CCc1cc2c(cc1C)N(C)C(=O)C2. The quantitative estimate of drug-likeness (QED) is 0.769. The van der Waals surface area contributed by atoms with Gasteiger partial charge in [0, 0.05) is 19.3 Å². The van der Waals surface area contributed by atoms with E-state index in [4.69, 9.17) is 0 Å². The molecule has 2 rings (SSSR count). The topological polar surface area (TPSA) is 23.6 Å². The van der Waals surface area contributed by atoms with Gasteiger partial charge in [-0.05, 0) is 62.0 Å². The number of amides is 1. The summed E-state index contributed by atoms with van der Waals surface area (Å²) in [6.45, 7) is 10.1. The van der Waals surface area contributed by atoms with Gasteiger partial charge < -0.3 is 9.80 Å². The smallest absolute Gasteiger partial charge is 0.231 e. The van der Waals surface area contributed by atoms with Crippen LogP contribution in [-0.2, 0) is 17.6 Å². The zero-order valence-electron chi connectivity index (χ0n) is 13.9. The van der Waals surface area contributed by atoms with E-state index in [0.717, 1.165) is 18.7 Å². The molecule has 1 aromatic carbocycles. The molecular weight excluding hydrogens is 260 g/mol. The maximum Gasteiger partial charge on any atom is 0.231 e. The van der Waals surface area contributed by atoms with Crippen LogP contribution in [0.3, 0.4) is 0 Å². The van der Waals surface area contributed by atoms with Crippen molar-refractivity contribution in [2.75, 3.05) is 31.6 Å². The van der Waals surface area contributed by atoms with Gasteiger partial charge in [0.1, 0.15) is 0 Å². The van der Waals surface area contributed by atoms with Crippen molar-refractivity contribution < 1.29 is 4.79 Å². The molecule has 3 nitrogen and oxygen atoms in total. The average Bonchev–Trinajstić information content (AvgIpc) is 2.72. The van der Waals surface area contributed by atoms with Crippen LogP contribution in [0.15, 0.2) is 12.1 Å². The van der Waals surface area contributed by atoms with Gasteiger partial charge in [-0.3, -0.25) is 4.79 Å². The molecule has 0 aromatic heterocycles. The highest BCUT2D eigenvalue weighted by molar-refractivity contribution is 6.01. The Balaban J connectivity index is 2.08. The Morgan fingerprint density at radius 3 is 2.43 bits per heavy atom. The first-order valence-electron chi connectivity index (χ1n) is 8.18. The summed E-state index contributed by atoms with van der Waals surface area (Å²) in [5.41, 5.74) is 5.00. The van der Waals surface area contributed by atoms with Gasteiger partial charge in [0.05, 0.1) is 6.42 Å². The number of aryl methyl sites for hydroxylation is 1. The molecule has 0 aliphatic carbocycles.